The van der Waals surface area contributed by atoms with Crippen LogP contribution in [0.25, 0.3) is 17.0 Å². The molecule has 0 spiro atoms. The lowest BCUT2D eigenvalue weighted by atomic mass is 10.1. The van der Waals surface area contributed by atoms with Crippen molar-refractivity contribution in [3.63, 3.8) is 0 Å². The van der Waals surface area contributed by atoms with Gasteiger partial charge in [0.25, 0.3) is 0 Å². The predicted molar refractivity (Wildman–Crippen MR) is 61.6 cm³/mol. The predicted octanol–water partition coefficient (Wildman–Crippen LogP) is 2.76. The van der Waals surface area contributed by atoms with Crippen molar-refractivity contribution in [2.24, 2.45) is 0 Å². The molecule has 0 saturated carbocycles. The molecular formula is C13H11NO. The minimum Gasteiger partial charge on any atom is -0.299 e. The number of aryl methyl sites for hydroxylation is 1. The summed E-state index contributed by atoms with van der Waals surface area (Å²) < 4.78 is 0. The third kappa shape index (κ3) is 1.94. The Morgan fingerprint density at radius 3 is 2.87 bits per heavy atom. The van der Waals surface area contributed by atoms with Crippen molar-refractivity contribution >= 4 is 23.3 Å². The second-order valence-electron chi connectivity index (χ2n) is 3.37. The molecule has 74 valence electrons. The Balaban J connectivity index is 2.70. The van der Waals surface area contributed by atoms with Crippen LogP contribution in [0.2, 0.25) is 0 Å². The molecule has 2 nitrogen and oxygen atoms in total. The molecule has 0 aliphatic rings. The SMILES string of the molecule is Cc1cc(/C=C/C=O)c2ccccc2n1. The molecule has 0 amide bonds. The second kappa shape index (κ2) is 4.05. The lowest BCUT2D eigenvalue weighted by molar-refractivity contribution is -0.104. The van der Waals surface area contributed by atoms with Crippen LogP contribution in [-0.2, 0) is 4.79 Å². The molecule has 1 heterocycles. The van der Waals surface area contributed by atoms with Crippen LogP contribution in [0.4, 0.5) is 0 Å². The van der Waals surface area contributed by atoms with Crippen molar-refractivity contribution in [1.29, 1.82) is 0 Å². The molecule has 15 heavy (non-hydrogen) atoms. The highest BCUT2D eigenvalue weighted by molar-refractivity contribution is 5.90. The lowest BCUT2D eigenvalue weighted by Gasteiger charge is -2.02. The normalized spacial score (nSPS) is 11.0. The highest BCUT2D eigenvalue weighted by Gasteiger charge is 1.99. The molecule has 0 aliphatic heterocycles. The van der Waals surface area contributed by atoms with E-state index >= 15 is 0 Å². The van der Waals surface area contributed by atoms with Gasteiger partial charge in [-0.15, -0.1) is 0 Å². The number of carbonyl (C=O) groups is 1. The van der Waals surface area contributed by atoms with Crippen molar-refractivity contribution in [3.8, 4) is 0 Å². The first-order valence-corrected chi connectivity index (χ1v) is 4.79. The second-order valence-corrected chi connectivity index (χ2v) is 3.37. The zero-order chi connectivity index (χ0) is 10.7. The molecule has 2 aromatic rings. The Bertz CT molecular complexity index is 529. The van der Waals surface area contributed by atoms with Crippen molar-refractivity contribution in [2.45, 2.75) is 6.92 Å². The Kier molecular flexibility index (Phi) is 2.59. The lowest BCUT2D eigenvalue weighted by Crippen LogP contribution is -1.86. The number of allylic oxidation sites excluding steroid dienone is 1. The van der Waals surface area contributed by atoms with Crippen molar-refractivity contribution < 1.29 is 4.79 Å². The van der Waals surface area contributed by atoms with Crippen LogP contribution in [0.3, 0.4) is 0 Å². The van der Waals surface area contributed by atoms with E-state index in [1.807, 2.05) is 43.3 Å². The van der Waals surface area contributed by atoms with Gasteiger partial charge in [0, 0.05) is 11.1 Å². The first kappa shape index (κ1) is 9.59. The summed E-state index contributed by atoms with van der Waals surface area (Å²) in [5.74, 6) is 0. The molecule has 2 heteroatoms. The number of para-hydroxylation sites is 1. The Hall–Kier alpha value is -1.96. The molecule has 1 aromatic heterocycles. The molecule has 0 radical (unpaired) electrons. The maximum atomic E-state index is 10.3. The highest BCUT2D eigenvalue weighted by atomic mass is 16.1. The minimum absolute atomic E-state index is 0.782. The summed E-state index contributed by atoms with van der Waals surface area (Å²) >= 11 is 0. The Morgan fingerprint density at radius 2 is 2.07 bits per heavy atom. The van der Waals surface area contributed by atoms with E-state index in [0.29, 0.717) is 0 Å². The first-order valence-electron chi connectivity index (χ1n) is 4.79. The average Bonchev–Trinajstić information content (AvgIpc) is 2.25. The first-order chi connectivity index (χ1) is 7.31. The molecule has 0 N–H and O–H groups in total. The number of hydrogen-bond acceptors (Lipinski definition) is 2. The van der Waals surface area contributed by atoms with Gasteiger partial charge >= 0.3 is 0 Å². The van der Waals surface area contributed by atoms with E-state index in [1.54, 1.807) is 0 Å². The summed E-state index contributed by atoms with van der Waals surface area (Å²) in [6, 6.07) is 9.88. The topological polar surface area (TPSA) is 30.0 Å². The van der Waals surface area contributed by atoms with Gasteiger partial charge in [-0.1, -0.05) is 24.3 Å². The largest absolute Gasteiger partial charge is 0.299 e. The van der Waals surface area contributed by atoms with Crippen LogP contribution in [0.1, 0.15) is 11.3 Å². The summed E-state index contributed by atoms with van der Waals surface area (Å²) in [5.41, 5.74) is 2.95. The van der Waals surface area contributed by atoms with Gasteiger partial charge in [0.1, 0.15) is 6.29 Å². The number of pyridine rings is 1. The maximum Gasteiger partial charge on any atom is 0.142 e. The van der Waals surface area contributed by atoms with E-state index < -0.39 is 0 Å². The van der Waals surface area contributed by atoms with Crippen LogP contribution in [0, 0.1) is 6.92 Å². The number of carbonyl (C=O) groups excluding carboxylic acids is 1. The van der Waals surface area contributed by atoms with Gasteiger partial charge in [-0.2, -0.15) is 0 Å². The van der Waals surface area contributed by atoms with Crippen molar-refractivity contribution in [2.75, 3.05) is 0 Å². The molecule has 0 fully saturated rings. The van der Waals surface area contributed by atoms with Crippen LogP contribution in [0.15, 0.2) is 36.4 Å². The summed E-state index contributed by atoms with van der Waals surface area (Å²) in [5, 5.41) is 1.07. The van der Waals surface area contributed by atoms with E-state index in [0.717, 1.165) is 28.4 Å². The fourth-order valence-electron chi connectivity index (χ4n) is 1.62. The molecule has 0 bridgehead atoms. The zero-order valence-electron chi connectivity index (χ0n) is 8.47. The van der Waals surface area contributed by atoms with E-state index in [9.17, 15) is 4.79 Å². The number of aromatic nitrogens is 1. The monoisotopic (exact) mass is 197 g/mol. The van der Waals surface area contributed by atoms with Crippen LogP contribution >= 0.6 is 0 Å². The quantitative estimate of drug-likeness (QED) is 0.547. The third-order valence-electron chi connectivity index (χ3n) is 2.23. The van der Waals surface area contributed by atoms with Crippen LogP contribution in [-0.4, -0.2) is 11.3 Å². The smallest absolute Gasteiger partial charge is 0.142 e. The molecule has 0 saturated heterocycles. The number of aldehydes is 1. The number of hydrogen-bond donors (Lipinski definition) is 0. The van der Waals surface area contributed by atoms with E-state index in [4.69, 9.17) is 0 Å². The number of fused-ring (bicyclic) bond motifs is 1. The fraction of sp³-hybridized carbons (Fsp3) is 0.0769. The average molecular weight is 197 g/mol. The van der Waals surface area contributed by atoms with Gasteiger partial charge in [0.2, 0.25) is 0 Å². The zero-order valence-corrected chi connectivity index (χ0v) is 8.47. The summed E-state index contributed by atoms with van der Waals surface area (Å²) in [4.78, 5) is 14.7. The van der Waals surface area contributed by atoms with E-state index in [1.165, 1.54) is 6.08 Å². The van der Waals surface area contributed by atoms with Crippen molar-refractivity contribution in [1.82, 2.24) is 4.98 Å². The molecule has 0 unspecified atom stereocenters. The Morgan fingerprint density at radius 1 is 1.27 bits per heavy atom. The van der Waals surface area contributed by atoms with Gasteiger partial charge < -0.3 is 0 Å². The van der Waals surface area contributed by atoms with Gasteiger partial charge in [-0.05, 0) is 30.7 Å². The molecule has 1 aromatic carbocycles. The van der Waals surface area contributed by atoms with Gasteiger partial charge in [0.05, 0.1) is 5.52 Å². The van der Waals surface area contributed by atoms with Gasteiger partial charge in [0.15, 0.2) is 0 Å². The van der Waals surface area contributed by atoms with Crippen molar-refractivity contribution in [3.05, 3.63) is 47.7 Å². The molecule has 0 aliphatic carbocycles. The van der Waals surface area contributed by atoms with Gasteiger partial charge in [-0.25, -0.2) is 0 Å². The van der Waals surface area contributed by atoms with E-state index in [-0.39, 0.29) is 0 Å². The summed E-state index contributed by atoms with van der Waals surface area (Å²) in [6.45, 7) is 1.95. The molecular weight excluding hydrogens is 186 g/mol. The number of benzene rings is 1. The number of rotatable bonds is 2. The number of nitrogens with zero attached hydrogens (tertiary/aromatic N) is 1. The standard InChI is InChI=1S/C13H11NO/c1-10-9-11(5-4-8-15)12-6-2-3-7-13(12)14-10/h2-9H,1H3/b5-4+. The van der Waals surface area contributed by atoms with Crippen LogP contribution in [0.5, 0.6) is 0 Å². The molecule has 2 rings (SSSR count). The van der Waals surface area contributed by atoms with Gasteiger partial charge in [-0.3, -0.25) is 9.78 Å². The third-order valence-corrected chi connectivity index (χ3v) is 2.23. The minimum atomic E-state index is 0.782. The van der Waals surface area contributed by atoms with E-state index in [2.05, 4.69) is 4.98 Å². The van der Waals surface area contributed by atoms with Crippen LogP contribution < -0.4 is 0 Å². The maximum absolute atomic E-state index is 10.3. The summed E-state index contributed by atoms with van der Waals surface area (Å²) in [6.07, 6.45) is 4.09. The Labute approximate surface area is 88.3 Å². The molecule has 0 atom stereocenters. The summed E-state index contributed by atoms with van der Waals surface area (Å²) in [7, 11) is 0. The highest BCUT2D eigenvalue weighted by Crippen LogP contribution is 2.18. The fourth-order valence-corrected chi connectivity index (χ4v) is 1.62.